The molecule has 0 bridgehead atoms. The summed E-state index contributed by atoms with van der Waals surface area (Å²) in [6, 6.07) is 8.89. The first-order valence-electron chi connectivity index (χ1n) is 9.51. The lowest BCUT2D eigenvalue weighted by molar-refractivity contribution is 0.0698. The highest BCUT2D eigenvalue weighted by Gasteiger charge is 2.27. The molecule has 0 aromatic heterocycles. The number of likely N-dealkylation sites (tertiary alicyclic amines) is 1. The molecule has 5 nitrogen and oxygen atoms in total. The van der Waals surface area contributed by atoms with Gasteiger partial charge in [-0.3, -0.25) is 9.59 Å². The van der Waals surface area contributed by atoms with Gasteiger partial charge in [0.2, 0.25) is 0 Å². The molecule has 0 aliphatic carbocycles. The van der Waals surface area contributed by atoms with Crippen molar-refractivity contribution in [1.82, 2.24) is 10.2 Å². The van der Waals surface area contributed by atoms with Crippen molar-refractivity contribution in [3.8, 4) is 5.75 Å². The van der Waals surface area contributed by atoms with Crippen LogP contribution in [0.25, 0.3) is 0 Å². The van der Waals surface area contributed by atoms with E-state index in [-0.39, 0.29) is 34.2 Å². The number of halogens is 2. The van der Waals surface area contributed by atoms with Crippen molar-refractivity contribution >= 4 is 35.0 Å². The number of piperidine rings is 1. The van der Waals surface area contributed by atoms with E-state index >= 15 is 0 Å². The maximum atomic E-state index is 12.8. The van der Waals surface area contributed by atoms with Gasteiger partial charge in [0.05, 0.1) is 17.2 Å². The van der Waals surface area contributed by atoms with Gasteiger partial charge in [-0.15, -0.1) is 0 Å². The van der Waals surface area contributed by atoms with Crippen LogP contribution in [-0.2, 0) is 0 Å². The van der Waals surface area contributed by atoms with Crippen molar-refractivity contribution in [3.63, 3.8) is 0 Å². The minimum absolute atomic E-state index is 0.0254. The van der Waals surface area contributed by atoms with E-state index in [1.807, 2.05) is 36.9 Å². The van der Waals surface area contributed by atoms with E-state index in [1.165, 1.54) is 7.11 Å². The standard InChI is InChI=1S/C22H24Cl2N2O3/c1-13-4-5-15(12-14(13)2)22(28)26-10-8-16(9-11-26)25-21(27)19-17(23)6-7-18(24)20(19)29-3/h4-7,12,16H,8-11H2,1-3H3,(H,25,27). The summed E-state index contributed by atoms with van der Waals surface area (Å²) in [5, 5.41) is 3.61. The largest absolute Gasteiger partial charge is 0.494 e. The lowest BCUT2D eigenvalue weighted by Crippen LogP contribution is -2.46. The van der Waals surface area contributed by atoms with Crippen LogP contribution >= 0.6 is 23.2 Å². The smallest absolute Gasteiger partial charge is 0.256 e. The number of hydrogen-bond donors (Lipinski definition) is 1. The van der Waals surface area contributed by atoms with E-state index < -0.39 is 0 Å². The highest BCUT2D eigenvalue weighted by Crippen LogP contribution is 2.34. The monoisotopic (exact) mass is 434 g/mol. The second-order valence-electron chi connectivity index (χ2n) is 7.28. The molecule has 1 heterocycles. The SMILES string of the molecule is COc1c(Cl)ccc(Cl)c1C(=O)NC1CCN(C(=O)c2ccc(C)c(C)c2)CC1. The number of nitrogens with one attached hydrogen (secondary N) is 1. The summed E-state index contributed by atoms with van der Waals surface area (Å²) in [7, 11) is 1.45. The van der Waals surface area contributed by atoms with E-state index in [2.05, 4.69) is 5.32 Å². The Hall–Kier alpha value is -2.24. The normalized spacial score (nSPS) is 14.6. The Kier molecular flexibility index (Phi) is 6.70. The van der Waals surface area contributed by atoms with Gasteiger partial charge < -0.3 is 15.0 Å². The Morgan fingerprint density at radius 1 is 1.03 bits per heavy atom. The highest BCUT2D eigenvalue weighted by molar-refractivity contribution is 6.37. The van der Waals surface area contributed by atoms with Crippen LogP contribution in [0.15, 0.2) is 30.3 Å². The summed E-state index contributed by atoms with van der Waals surface area (Å²) in [6.45, 7) is 5.19. The molecule has 2 aromatic rings. The molecule has 1 N–H and O–H groups in total. The predicted molar refractivity (Wildman–Crippen MR) is 115 cm³/mol. The van der Waals surface area contributed by atoms with Crippen LogP contribution in [-0.4, -0.2) is 43.0 Å². The third-order valence-corrected chi connectivity index (χ3v) is 5.97. The number of benzene rings is 2. The summed E-state index contributed by atoms with van der Waals surface area (Å²) in [5.74, 6) is -0.0373. The van der Waals surface area contributed by atoms with Gasteiger partial charge in [0.15, 0.2) is 5.75 Å². The summed E-state index contributed by atoms with van der Waals surface area (Å²) >= 11 is 12.3. The topological polar surface area (TPSA) is 58.6 Å². The number of carbonyl (C=O) groups is 2. The Balaban J connectivity index is 1.63. The van der Waals surface area contributed by atoms with Gasteiger partial charge in [-0.25, -0.2) is 0 Å². The van der Waals surface area contributed by atoms with Gasteiger partial charge in [0, 0.05) is 24.7 Å². The van der Waals surface area contributed by atoms with Gasteiger partial charge in [-0.05, 0) is 62.1 Å². The lowest BCUT2D eigenvalue weighted by Gasteiger charge is -2.32. The Morgan fingerprint density at radius 2 is 1.69 bits per heavy atom. The molecule has 1 fully saturated rings. The number of nitrogens with zero attached hydrogens (tertiary/aromatic N) is 1. The van der Waals surface area contributed by atoms with Crippen LogP contribution in [0.4, 0.5) is 0 Å². The molecule has 154 valence electrons. The molecular weight excluding hydrogens is 411 g/mol. The molecule has 1 aliphatic rings. The number of rotatable bonds is 4. The minimum atomic E-state index is -0.326. The first-order valence-corrected chi connectivity index (χ1v) is 10.3. The number of methoxy groups -OCH3 is 1. The fourth-order valence-electron chi connectivity index (χ4n) is 3.49. The summed E-state index contributed by atoms with van der Waals surface area (Å²) < 4.78 is 5.25. The molecule has 2 aromatic carbocycles. The third-order valence-electron chi connectivity index (χ3n) is 5.36. The van der Waals surface area contributed by atoms with Crippen molar-refractivity contribution in [3.05, 3.63) is 62.6 Å². The maximum absolute atomic E-state index is 12.8. The molecule has 0 radical (unpaired) electrons. The van der Waals surface area contributed by atoms with Gasteiger partial charge in [-0.2, -0.15) is 0 Å². The van der Waals surface area contributed by atoms with Crippen molar-refractivity contribution < 1.29 is 14.3 Å². The van der Waals surface area contributed by atoms with Gasteiger partial charge in [0.25, 0.3) is 11.8 Å². The number of amides is 2. The van der Waals surface area contributed by atoms with Crippen LogP contribution in [0.2, 0.25) is 10.0 Å². The van der Waals surface area contributed by atoms with Crippen molar-refractivity contribution in [2.75, 3.05) is 20.2 Å². The van der Waals surface area contributed by atoms with Gasteiger partial charge >= 0.3 is 0 Å². The molecule has 0 unspecified atom stereocenters. The maximum Gasteiger partial charge on any atom is 0.256 e. The average Bonchev–Trinajstić information content (AvgIpc) is 2.71. The van der Waals surface area contributed by atoms with E-state index in [0.717, 1.165) is 11.1 Å². The fraction of sp³-hybridized carbons (Fsp3) is 0.364. The zero-order valence-electron chi connectivity index (χ0n) is 16.7. The first-order chi connectivity index (χ1) is 13.8. The molecule has 1 aliphatic heterocycles. The van der Waals surface area contributed by atoms with Crippen molar-refractivity contribution in [1.29, 1.82) is 0 Å². The molecular formula is C22H24Cl2N2O3. The van der Waals surface area contributed by atoms with Crippen molar-refractivity contribution in [2.45, 2.75) is 32.7 Å². The van der Waals surface area contributed by atoms with Crippen LogP contribution in [0.5, 0.6) is 5.75 Å². The van der Waals surface area contributed by atoms with E-state index in [4.69, 9.17) is 27.9 Å². The van der Waals surface area contributed by atoms with Crippen LogP contribution in [0, 0.1) is 13.8 Å². The highest BCUT2D eigenvalue weighted by atomic mass is 35.5. The predicted octanol–water partition coefficient (Wildman–Crippen LogP) is 4.65. The second-order valence-corrected chi connectivity index (χ2v) is 8.09. The summed E-state index contributed by atoms with van der Waals surface area (Å²) in [6.07, 6.45) is 1.34. The molecule has 1 saturated heterocycles. The Labute approximate surface area is 180 Å². The first kappa shape index (κ1) is 21.5. The van der Waals surface area contributed by atoms with Crippen molar-refractivity contribution in [2.24, 2.45) is 0 Å². The minimum Gasteiger partial charge on any atom is -0.494 e. The van der Waals surface area contributed by atoms with E-state index in [0.29, 0.717) is 36.5 Å². The van der Waals surface area contributed by atoms with Gasteiger partial charge in [-0.1, -0.05) is 29.3 Å². The molecule has 29 heavy (non-hydrogen) atoms. The van der Waals surface area contributed by atoms with Gasteiger partial charge in [0.1, 0.15) is 5.56 Å². The van der Waals surface area contributed by atoms with Crippen LogP contribution in [0.3, 0.4) is 0 Å². The zero-order chi connectivity index (χ0) is 21.1. The number of ether oxygens (including phenoxy) is 1. The quantitative estimate of drug-likeness (QED) is 0.761. The third kappa shape index (κ3) is 4.68. The van der Waals surface area contributed by atoms with Crippen LogP contribution < -0.4 is 10.1 Å². The van der Waals surface area contributed by atoms with E-state index in [1.54, 1.807) is 12.1 Å². The average molecular weight is 435 g/mol. The Bertz CT molecular complexity index is 938. The second kappa shape index (κ2) is 9.06. The molecule has 0 atom stereocenters. The zero-order valence-corrected chi connectivity index (χ0v) is 18.2. The Morgan fingerprint density at radius 3 is 2.31 bits per heavy atom. The fourth-order valence-corrected chi connectivity index (χ4v) is 3.96. The number of hydrogen-bond acceptors (Lipinski definition) is 3. The molecule has 0 saturated carbocycles. The molecule has 3 rings (SSSR count). The number of aryl methyl sites for hydroxylation is 2. The number of carbonyl (C=O) groups excluding carboxylic acids is 2. The molecule has 7 heteroatoms. The van der Waals surface area contributed by atoms with E-state index in [9.17, 15) is 9.59 Å². The summed E-state index contributed by atoms with van der Waals surface area (Å²) in [4.78, 5) is 27.4. The molecule has 0 spiro atoms. The lowest BCUT2D eigenvalue weighted by atomic mass is 10.0. The molecule has 2 amide bonds. The van der Waals surface area contributed by atoms with Crippen LogP contribution in [0.1, 0.15) is 44.7 Å². The summed E-state index contributed by atoms with van der Waals surface area (Å²) in [5.41, 5.74) is 3.20.